The average Bonchev–Trinajstić information content (AvgIpc) is 3.31. The first kappa shape index (κ1) is 17.2. The summed E-state index contributed by atoms with van der Waals surface area (Å²) in [5.41, 5.74) is 1.63. The van der Waals surface area contributed by atoms with Crippen LogP contribution < -0.4 is 0 Å². The van der Waals surface area contributed by atoms with Gasteiger partial charge in [-0.3, -0.25) is 4.79 Å². The van der Waals surface area contributed by atoms with Gasteiger partial charge in [0.15, 0.2) is 6.61 Å². The van der Waals surface area contributed by atoms with Gasteiger partial charge in [-0.15, -0.1) is 11.3 Å². The van der Waals surface area contributed by atoms with Crippen LogP contribution in [0.5, 0.6) is 0 Å². The van der Waals surface area contributed by atoms with Crippen LogP contribution in [0, 0.1) is 0 Å². The van der Waals surface area contributed by atoms with Gasteiger partial charge in [-0.25, -0.2) is 9.80 Å². The number of esters is 1. The molecule has 2 aromatic heterocycles. The van der Waals surface area contributed by atoms with Crippen LogP contribution in [0.25, 0.3) is 0 Å². The number of amides is 1. The highest BCUT2D eigenvalue weighted by molar-refractivity contribution is 7.12. The first-order chi connectivity index (χ1) is 12.0. The Balaban J connectivity index is 1.76. The minimum Gasteiger partial charge on any atom is -0.467 e. The maximum atomic E-state index is 12.5. The van der Waals surface area contributed by atoms with Gasteiger partial charge < -0.3 is 9.15 Å². The third-order valence-corrected chi connectivity index (χ3v) is 4.51. The zero-order chi connectivity index (χ0) is 17.8. The predicted molar refractivity (Wildman–Crippen MR) is 94.2 cm³/mol. The Kier molecular flexibility index (Phi) is 5.14. The molecule has 1 atom stereocenters. The molecule has 0 N–H and O–H groups in total. The van der Waals surface area contributed by atoms with Gasteiger partial charge in [0.05, 0.1) is 16.9 Å². The highest BCUT2D eigenvalue weighted by Crippen LogP contribution is 2.33. The number of allylic oxidation sites excluding steroid dienone is 1. The molecule has 7 heteroatoms. The number of hydrogen-bond donors (Lipinski definition) is 0. The van der Waals surface area contributed by atoms with E-state index in [1.165, 1.54) is 11.1 Å². The van der Waals surface area contributed by atoms with E-state index < -0.39 is 5.97 Å². The van der Waals surface area contributed by atoms with E-state index in [-0.39, 0.29) is 18.6 Å². The molecular weight excluding hydrogens is 340 g/mol. The van der Waals surface area contributed by atoms with E-state index in [2.05, 4.69) is 5.10 Å². The van der Waals surface area contributed by atoms with Crippen LogP contribution in [0.1, 0.15) is 36.9 Å². The molecule has 0 saturated carbocycles. The van der Waals surface area contributed by atoms with Crippen LogP contribution in [-0.4, -0.2) is 29.2 Å². The van der Waals surface area contributed by atoms with Crippen molar-refractivity contribution in [1.82, 2.24) is 5.01 Å². The van der Waals surface area contributed by atoms with Crippen molar-refractivity contribution in [3.8, 4) is 0 Å². The van der Waals surface area contributed by atoms with Gasteiger partial charge in [-0.2, -0.15) is 5.10 Å². The lowest BCUT2D eigenvalue weighted by Gasteiger charge is -2.19. The fourth-order valence-corrected chi connectivity index (χ4v) is 3.23. The Labute approximate surface area is 149 Å². The Morgan fingerprint density at radius 1 is 1.40 bits per heavy atom. The summed E-state index contributed by atoms with van der Waals surface area (Å²) >= 11 is 1.57. The van der Waals surface area contributed by atoms with E-state index in [1.807, 2.05) is 23.6 Å². The molecule has 3 heterocycles. The summed E-state index contributed by atoms with van der Waals surface area (Å²) < 4.78 is 10.5. The van der Waals surface area contributed by atoms with Gasteiger partial charge >= 0.3 is 5.97 Å². The summed E-state index contributed by atoms with van der Waals surface area (Å²) in [7, 11) is 0. The van der Waals surface area contributed by atoms with Crippen molar-refractivity contribution < 1.29 is 18.7 Å². The predicted octanol–water partition coefficient (Wildman–Crippen LogP) is 3.53. The second-order valence-electron chi connectivity index (χ2n) is 5.83. The van der Waals surface area contributed by atoms with E-state index in [9.17, 15) is 9.59 Å². The number of nitrogens with zero attached hydrogens (tertiary/aromatic N) is 2. The molecule has 2 aromatic rings. The third-order valence-electron chi connectivity index (χ3n) is 3.59. The number of furan rings is 1. The highest BCUT2D eigenvalue weighted by Gasteiger charge is 2.35. The van der Waals surface area contributed by atoms with E-state index in [0.717, 1.165) is 16.2 Å². The molecule has 1 amide bonds. The number of hydrazone groups is 1. The molecule has 3 rings (SSSR count). The monoisotopic (exact) mass is 358 g/mol. The Hall–Kier alpha value is -2.67. The second kappa shape index (κ2) is 7.48. The van der Waals surface area contributed by atoms with Gasteiger partial charge in [0.2, 0.25) is 0 Å². The quantitative estimate of drug-likeness (QED) is 0.605. The summed E-state index contributed by atoms with van der Waals surface area (Å²) in [6, 6.07) is 7.16. The largest absolute Gasteiger partial charge is 0.467 e. The summed E-state index contributed by atoms with van der Waals surface area (Å²) in [4.78, 5) is 25.2. The summed E-state index contributed by atoms with van der Waals surface area (Å²) in [5.74, 6) is -0.271. The van der Waals surface area contributed by atoms with Gasteiger partial charge in [0.25, 0.3) is 5.91 Å². The molecule has 0 spiro atoms. The van der Waals surface area contributed by atoms with Crippen molar-refractivity contribution in [3.63, 3.8) is 0 Å². The molecule has 0 fully saturated rings. The zero-order valence-electron chi connectivity index (χ0n) is 14.0. The normalized spacial score (nSPS) is 16.5. The number of ether oxygens (including phenoxy) is 1. The lowest BCUT2D eigenvalue weighted by atomic mass is 10.1. The van der Waals surface area contributed by atoms with Crippen LogP contribution in [0.15, 0.2) is 57.1 Å². The number of hydrogen-bond acceptors (Lipinski definition) is 6. The van der Waals surface area contributed by atoms with Gasteiger partial charge in [-0.1, -0.05) is 11.6 Å². The van der Waals surface area contributed by atoms with Gasteiger partial charge in [0.1, 0.15) is 11.8 Å². The topological polar surface area (TPSA) is 72.1 Å². The number of thiophene rings is 1. The number of carbonyl (C=O) groups is 2. The molecule has 0 aliphatic carbocycles. The molecular formula is C18H18N2O4S. The fraction of sp³-hybridized carbons (Fsp3) is 0.278. The second-order valence-corrected chi connectivity index (χ2v) is 6.77. The Bertz CT molecular complexity index is 802. The number of rotatable bonds is 5. The molecule has 1 aliphatic rings. The van der Waals surface area contributed by atoms with E-state index in [4.69, 9.17) is 9.15 Å². The van der Waals surface area contributed by atoms with Gasteiger partial charge in [0, 0.05) is 12.5 Å². The summed E-state index contributed by atoms with van der Waals surface area (Å²) in [6.07, 6.45) is 3.47. The lowest BCUT2D eigenvalue weighted by Crippen LogP contribution is -2.31. The third kappa shape index (κ3) is 4.06. The molecule has 1 unspecified atom stereocenters. The van der Waals surface area contributed by atoms with Crippen molar-refractivity contribution >= 4 is 28.9 Å². The minimum atomic E-state index is -0.537. The van der Waals surface area contributed by atoms with E-state index >= 15 is 0 Å². The molecule has 1 aliphatic heterocycles. The average molecular weight is 358 g/mol. The minimum absolute atomic E-state index is 0.332. The standard InChI is InChI=1S/C18H18N2O4S/c1-12(2)9-18(22)24-11-17(21)20-14(15-5-3-7-23-15)10-13(19-20)16-6-4-8-25-16/h3-9,14H,10-11H2,1-2H3. The highest BCUT2D eigenvalue weighted by atomic mass is 32.1. The molecule has 0 aromatic carbocycles. The molecule has 6 nitrogen and oxygen atoms in total. The van der Waals surface area contributed by atoms with Crippen molar-refractivity contribution in [3.05, 3.63) is 58.2 Å². The lowest BCUT2D eigenvalue weighted by molar-refractivity contribution is -0.149. The molecule has 0 saturated heterocycles. The molecule has 130 valence electrons. The smallest absolute Gasteiger partial charge is 0.331 e. The van der Waals surface area contributed by atoms with Crippen LogP contribution in [0.3, 0.4) is 0 Å². The Morgan fingerprint density at radius 3 is 2.88 bits per heavy atom. The van der Waals surface area contributed by atoms with E-state index in [1.54, 1.807) is 37.5 Å². The summed E-state index contributed by atoms with van der Waals surface area (Å²) in [5, 5.41) is 7.77. The van der Waals surface area contributed by atoms with Crippen LogP contribution in [0.2, 0.25) is 0 Å². The van der Waals surface area contributed by atoms with Crippen molar-refractivity contribution in [2.24, 2.45) is 5.10 Å². The van der Waals surface area contributed by atoms with Crippen LogP contribution in [-0.2, 0) is 14.3 Å². The SMILES string of the molecule is CC(C)=CC(=O)OCC(=O)N1N=C(c2cccs2)CC1c1ccco1. The number of carbonyl (C=O) groups excluding carboxylic acids is 2. The molecule has 0 bridgehead atoms. The van der Waals surface area contributed by atoms with Crippen molar-refractivity contribution in [2.75, 3.05) is 6.61 Å². The maximum absolute atomic E-state index is 12.5. The van der Waals surface area contributed by atoms with Gasteiger partial charge in [-0.05, 0) is 37.4 Å². The van der Waals surface area contributed by atoms with Crippen LogP contribution in [0.4, 0.5) is 0 Å². The van der Waals surface area contributed by atoms with Crippen molar-refractivity contribution in [2.45, 2.75) is 26.3 Å². The van der Waals surface area contributed by atoms with Crippen LogP contribution >= 0.6 is 11.3 Å². The first-order valence-electron chi connectivity index (χ1n) is 7.83. The zero-order valence-corrected chi connectivity index (χ0v) is 14.8. The summed E-state index contributed by atoms with van der Waals surface area (Å²) in [6.45, 7) is 3.21. The molecule has 25 heavy (non-hydrogen) atoms. The fourth-order valence-electron chi connectivity index (χ4n) is 2.51. The van der Waals surface area contributed by atoms with Crippen molar-refractivity contribution in [1.29, 1.82) is 0 Å². The maximum Gasteiger partial charge on any atom is 0.331 e. The Morgan fingerprint density at radius 2 is 2.24 bits per heavy atom. The molecule has 0 radical (unpaired) electrons. The van der Waals surface area contributed by atoms with E-state index in [0.29, 0.717) is 12.2 Å². The first-order valence-corrected chi connectivity index (χ1v) is 8.71.